The van der Waals surface area contributed by atoms with Crippen LogP contribution in [-0.4, -0.2) is 25.9 Å². The maximum atomic E-state index is 14.2. The molecule has 1 unspecified atom stereocenters. The molecule has 2 aromatic heterocycles. The van der Waals surface area contributed by atoms with Gasteiger partial charge in [-0.05, 0) is 43.3 Å². The first-order valence-corrected chi connectivity index (χ1v) is 10.5. The van der Waals surface area contributed by atoms with Gasteiger partial charge in [0.1, 0.15) is 16.9 Å². The standard InChI is InChI=1S/C19H16FN5OS2/c1-11(17(26)22-18-12(10-21)8-9-27-18)28-19-24-23-16(25(19)13-6-7-13)14-4-2-3-5-15(14)20/h2-5,8-9,11,13H,6-7H2,1H3,(H,22,26). The number of benzene rings is 1. The molecule has 1 saturated carbocycles. The summed E-state index contributed by atoms with van der Waals surface area (Å²) in [7, 11) is 0. The third-order valence-corrected chi connectivity index (χ3v) is 6.25. The van der Waals surface area contributed by atoms with Gasteiger partial charge in [0.2, 0.25) is 5.91 Å². The Kier molecular flexibility index (Phi) is 5.15. The lowest BCUT2D eigenvalue weighted by Gasteiger charge is -2.13. The molecule has 1 amide bonds. The lowest BCUT2D eigenvalue weighted by molar-refractivity contribution is -0.115. The van der Waals surface area contributed by atoms with Gasteiger partial charge in [-0.3, -0.25) is 9.36 Å². The maximum absolute atomic E-state index is 14.2. The molecular formula is C19H16FN5OS2. The topological polar surface area (TPSA) is 83.6 Å². The monoisotopic (exact) mass is 413 g/mol. The van der Waals surface area contributed by atoms with Gasteiger partial charge in [-0.25, -0.2) is 4.39 Å². The van der Waals surface area contributed by atoms with Crippen molar-refractivity contribution >= 4 is 34.0 Å². The summed E-state index contributed by atoms with van der Waals surface area (Å²) in [5.41, 5.74) is 0.849. The van der Waals surface area contributed by atoms with Crippen molar-refractivity contribution in [2.45, 2.75) is 36.2 Å². The molecule has 0 saturated heterocycles. The molecule has 1 atom stereocenters. The van der Waals surface area contributed by atoms with Crippen molar-refractivity contribution in [3.63, 3.8) is 0 Å². The number of anilines is 1. The zero-order chi connectivity index (χ0) is 19.7. The number of hydrogen-bond donors (Lipinski definition) is 1. The Hall–Kier alpha value is -2.70. The van der Waals surface area contributed by atoms with E-state index in [-0.39, 0.29) is 17.8 Å². The van der Waals surface area contributed by atoms with E-state index >= 15 is 0 Å². The van der Waals surface area contributed by atoms with Crippen LogP contribution < -0.4 is 5.32 Å². The van der Waals surface area contributed by atoms with Crippen molar-refractivity contribution < 1.29 is 9.18 Å². The average Bonchev–Trinajstić information content (AvgIpc) is 3.29. The minimum Gasteiger partial charge on any atom is -0.316 e. The normalized spacial score (nSPS) is 14.5. The van der Waals surface area contributed by atoms with Gasteiger partial charge in [0.05, 0.1) is 16.4 Å². The minimum absolute atomic E-state index is 0.221. The fraction of sp³-hybridized carbons (Fsp3) is 0.263. The van der Waals surface area contributed by atoms with Gasteiger partial charge in [0.15, 0.2) is 11.0 Å². The van der Waals surface area contributed by atoms with E-state index in [0.717, 1.165) is 12.8 Å². The van der Waals surface area contributed by atoms with E-state index in [4.69, 9.17) is 5.26 Å². The molecule has 3 aromatic rings. The molecule has 28 heavy (non-hydrogen) atoms. The molecule has 0 radical (unpaired) electrons. The number of nitrogens with zero attached hydrogens (tertiary/aromatic N) is 4. The summed E-state index contributed by atoms with van der Waals surface area (Å²) in [6, 6.07) is 10.4. The van der Waals surface area contributed by atoms with Crippen molar-refractivity contribution in [1.29, 1.82) is 5.26 Å². The second kappa shape index (κ2) is 7.73. The first-order chi connectivity index (χ1) is 13.6. The van der Waals surface area contributed by atoms with Crippen LogP contribution >= 0.6 is 23.1 Å². The molecule has 0 bridgehead atoms. The molecule has 0 spiro atoms. The molecule has 0 aliphatic heterocycles. The van der Waals surface area contributed by atoms with Gasteiger partial charge >= 0.3 is 0 Å². The number of aromatic nitrogens is 3. The highest BCUT2D eigenvalue weighted by Crippen LogP contribution is 2.42. The first-order valence-electron chi connectivity index (χ1n) is 8.73. The Morgan fingerprint density at radius 1 is 1.39 bits per heavy atom. The number of halogens is 1. The van der Waals surface area contributed by atoms with Gasteiger partial charge in [-0.1, -0.05) is 23.9 Å². The van der Waals surface area contributed by atoms with Crippen molar-refractivity contribution in [3.8, 4) is 17.5 Å². The van der Waals surface area contributed by atoms with Crippen LogP contribution in [0.4, 0.5) is 9.39 Å². The zero-order valence-corrected chi connectivity index (χ0v) is 16.6. The third kappa shape index (κ3) is 3.66. The lowest BCUT2D eigenvalue weighted by atomic mass is 10.2. The second-order valence-corrected chi connectivity index (χ2v) is 8.64. The van der Waals surface area contributed by atoms with Crippen LogP contribution in [0.1, 0.15) is 31.4 Å². The number of amides is 1. The molecule has 1 N–H and O–H groups in total. The number of carbonyl (C=O) groups excluding carboxylic acids is 1. The Labute approximate surface area is 169 Å². The molecule has 1 fully saturated rings. The van der Waals surface area contributed by atoms with Gasteiger partial charge in [-0.15, -0.1) is 21.5 Å². The van der Waals surface area contributed by atoms with Crippen molar-refractivity contribution in [2.75, 3.05) is 5.32 Å². The van der Waals surface area contributed by atoms with Crippen molar-refractivity contribution in [3.05, 3.63) is 47.1 Å². The summed E-state index contributed by atoms with van der Waals surface area (Å²) in [6.07, 6.45) is 1.96. The van der Waals surface area contributed by atoms with Crippen LogP contribution in [0.25, 0.3) is 11.4 Å². The van der Waals surface area contributed by atoms with Gasteiger partial charge in [0.25, 0.3) is 0 Å². The Bertz CT molecular complexity index is 1070. The molecule has 6 nitrogen and oxygen atoms in total. The molecule has 1 aliphatic rings. The number of thioether (sulfide) groups is 1. The molecule has 9 heteroatoms. The van der Waals surface area contributed by atoms with E-state index in [1.807, 2.05) is 4.57 Å². The molecule has 2 heterocycles. The summed E-state index contributed by atoms with van der Waals surface area (Å²) < 4.78 is 16.2. The largest absolute Gasteiger partial charge is 0.316 e. The second-order valence-electron chi connectivity index (χ2n) is 6.41. The summed E-state index contributed by atoms with van der Waals surface area (Å²) in [4.78, 5) is 12.6. The summed E-state index contributed by atoms with van der Waals surface area (Å²) in [5.74, 6) is -0.0802. The third-order valence-electron chi connectivity index (χ3n) is 4.37. The number of nitrogens with one attached hydrogen (secondary N) is 1. The summed E-state index contributed by atoms with van der Waals surface area (Å²) >= 11 is 2.59. The number of nitriles is 1. The van der Waals surface area contributed by atoms with Crippen LogP contribution in [0, 0.1) is 17.1 Å². The van der Waals surface area contributed by atoms with E-state index in [1.54, 1.807) is 36.6 Å². The zero-order valence-electron chi connectivity index (χ0n) is 14.9. The van der Waals surface area contributed by atoms with Crippen LogP contribution in [0.5, 0.6) is 0 Å². The Morgan fingerprint density at radius 3 is 2.89 bits per heavy atom. The van der Waals surface area contributed by atoms with E-state index in [2.05, 4.69) is 21.6 Å². The summed E-state index contributed by atoms with van der Waals surface area (Å²) in [5, 5.41) is 22.7. The van der Waals surface area contributed by atoms with Crippen molar-refractivity contribution in [1.82, 2.24) is 14.8 Å². The van der Waals surface area contributed by atoms with Crippen LogP contribution in [0.15, 0.2) is 40.9 Å². The fourth-order valence-electron chi connectivity index (χ4n) is 2.76. The van der Waals surface area contributed by atoms with E-state index in [1.165, 1.54) is 29.2 Å². The number of hydrogen-bond acceptors (Lipinski definition) is 6. The smallest absolute Gasteiger partial charge is 0.238 e. The van der Waals surface area contributed by atoms with Gasteiger partial charge in [-0.2, -0.15) is 5.26 Å². The molecule has 1 aromatic carbocycles. The highest BCUT2D eigenvalue weighted by atomic mass is 32.2. The van der Waals surface area contributed by atoms with Crippen molar-refractivity contribution in [2.24, 2.45) is 0 Å². The lowest BCUT2D eigenvalue weighted by Crippen LogP contribution is -2.22. The SMILES string of the molecule is CC(Sc1nnc(-c2ccccc2F)n1C1CC1)C(=O)Nc1sccc1C#N. The van der Waals surface area contributed by atoms with Crippen LogP contribution in [-0.2, 0) is 4.79 Å². The Morgan fingerprint density at radius 2 is 2.18 bits per heavy atom. The predicted molar refractivity (Wildman–Crippen MR) is 107 cm³/mol. The Balaban J connectivity index is 1.56. The van der Waals surface area contributed by atoms with E-state index in [9.17, 15) is 9.18 Å². The molecular weight excluding hydrogens is 397 g/mol. The highest BCUT2D eigenvalue weighted by molar-refractivity contribution is 8.00. The first kappa shape index (κ1) is 18.7. The minimum atomic E-state index is -0.455. The quantitative estimate of drug-likeness (QED) is 0.603. The van der Waals surface area contributed by atoms with Gasteiger partial charge in [0, 0.05) is 6.04 Å². The van der Waals surface area contributed by atoms with Crippen LogP contribution in [0.3, 0.4) is 0 Å². The highest BCUT2D eigenvalue weighted by Gasteiger charge is 2.32. The maximum Gasteiger partial charge on any atom is 0.238 e. The number of thiophene rings is 1. The molecule has 1 aliphatic carbocycles. The number of rotatable bonds is 6. The molecule has 142 valence electrons. The predicted octanol–water partition coefficient (Wildman–Crippen LogP) is 4.47. The molecule has 4 rings (SSSR count). The summed E-state index contributed by atoms with van der Waals surface area (Å²) in [6.45, 7) is 1.77. The van der Waals surface area contributed by atoms with E-state index < -0.39 is 5.25 Å². The van der Waals surface area contributed by atoms with E-state index in [0.29, 0.717) is 27.1 Å². The van der Waals surface area contributed by atoms with Gasteiger partial charge < -0.3 is 5.32 Å². The number of carbonyl (C=O) groups is 1. The average molecular weight is 414 g/mol. The van der Waals surface area contributed by atoms with Crippen LogP contribution in [0.2, 0.25) is 0 Å². The fourth-order valence-corrected chi connectivity index (χ4v) is 4.42.